The summed E-state index contributed by atoms with van der Waals surface area (Å²) in [5, 5.41) is 4.20. The van der Waals surface area contributed by atoms with Crippen LogP contribution in [-0.2, 0) is 16.2 Å². The van der Waals surface area contributed by atoms with Crippen molar-refractivity contribution in [3.05, 3.63) is 65.5 Å². The minimum atomic E-state index is -0.309. The van der Waals surface area contributed by atoms with Crippen LogP contribution < -0.4 is 4.74 Å². The fraction of sp³-hybridized carbons (Fsp3) is 0.364. The standard InChI is InChI=1S/C22H25FN2O3/c1-15(2)22(26)25(13-16-5-4-6-18(23)11-16)14-20-12-21(24-28-20)17-7-9-19(27-3)10-8-17/h4-11,15,20H,12-14H2,1-3H3. The number of nitrogens with zero attached hydrogens (tertiary/aromatic N) is 2. The van der Waals surface area contributed by atoms with Crippen molar-refractivity contribution in [1.82, 2.24) is 4.90 Å². The second-order valence-electron chi connectivity index (χ2n) is 7.20. The van der Waals surface area contributed by atoms with E-state index < -0.39 is 0 Å². The Morgan fingerprint density at radius 2 is 2.04 bits per heavy atom. The summed E-state index contributed by atoms with van der Waals surface area (Å²) in [6.45, 7) is 4.45. The predicted molar refractivity (Wildman–Crippen MR) is 106 cm³/mol. The molecule has 0 saturated carbocycles. The highest BCUT2D eigenvalue weighted by Crippen LogP contribution is 2.21. The molecule has 1 amide bonds. The Morgan fingerprint density at radius 3 is 2.68 bits per heavy atom. The Morgan fingerprint density at radius 1 is 1.29 bits per heavy atom. The van der Waals surface area contributed by atoms with Crippen LogP contribution in [0.4, 0.5) is 4.39 Å². The number of ether oxygens (including phenoxy) is 1. The summed E-state index contributed by atoms with van der Waals surface area (Å²) in [5.41, 5.74) is 2.56. The van der Waals surface area contributed by atoms with Crippen LogP contribution >= 0.6 is 0 Å². The number of rotatable bonds is 7. The van der Waals surface area contributed by atoms with E-state index in [2.05, 4.69) is 5.16 Å². The van der Waals surface area contributed by atoms with E-state index in [1.54, 1.807) is 18.1 Å². The minimum absolute atomic E-state index is 0.00533. The largest absolute Gasteiger partial charge is 0.497 e. The van der Waals surface area contributed by atoms with Gasteiger partial charge in [0.05, 0.1) is 19.4 Å². The molecule has 2 aromatic rings. The first kappa shape index (κ1) is 19.9. The van der Waals surface area contributed by atoms with Gasteiger partial charge in [-0.15, -0.1) is 0 Å². The maximum atomic E-state index is 13.5. The molecule has 6 heteroatoms. The molecule has 0 aliphatic carbocycles. The zero-order valence-electron chi connectivity index (χ0n) is 16.4. The quantitative estimate of drug-likeness (QED) is 0.725. The molecule has 5 nitrogen and oxygen atoms in total. The number of amides is 1. The summed E-state index contributed by atoms with van der Waals surface area (Å²) >= 11 is 0. The van der Waals surface area contributed by atoms with Crippen molar-refractivity contribution >= 4 is 11.6 Å². The first-order valence-electron chi connectivity index (χ1n) is 9.36. The Balaban J connectivity index is 1.67. The van der Waals surface area contributed by atoms with Crippen LogP contribution in [-0.4, -0.2) is 36.3 Å². The molecular weight excluding hydrogens is 359 g/mol. The molecule has 1 unspecified atom stereocenters. The molecule has 0 aromatic heterocycles. The molecule has 1 atom stereocenters. The summed E-state index contributed by atoms with van der Waals surface area (Å²) < 4.78 is 18.7. The van der Waals surface area contributed by atoms with Gasteiger partial charge in [-0.05, 0) is 47.5 Å². The third kappa shape index (κ3) is 4.88. The Kier molecular flexibility index (Phi) is 6.29. The van der Waals surface area contributed by atoms with E-state index in [1.807, 2.05) is 44.2 Å². The number of methoxy groups -OCH3 is 1. The third-order valence-electron chi connectivity index (χ3n) is 4.65. The van der Waals surface area contributed by atoms with Gasteiger partial charge in [0, 0.05) is 18.9 Å². The summed E-state index contributed by atoms with van der Waals surface area (Å²) in [5.74, 6) is 0.322. The van der Waals surface area contributed by atoms with Gasteiger partial charge in [-0.25, -0.2) is 4.39 Å². The van der Waals surface area contributed by atoms with E-state index in [0.29, 0.717) is 19.5 Å². The summed E-state index contributed by atoms with van der Waals surface area (Å²) in [6.07, 6.45) is 0.380. The van der Waals surface area contributed by atoms with E-state index in [1.165, 1.54) is 12.1 Å². The number of halogens is 1. The lowest BCUT2D eigenvalue weighted by Gasteiger charge is -2.26. The summed E-state index contributed by atoms with van der Waals surface area (Å²) in [4.78, 5) is 20.0. The minimum Gasteiger partial charge on any atom is -0.497 e. The van der Waals surface area contributed by atoms with E-state index >= 15 is 0 Å². The second kappa shape index (κ2) is 8.87. The van der Waals surface area contributed by atoms with Crippen molar-refractivity contribution in [1.29, 1.82) is 0 Å². The second-order valence-corrected chi connectivity index (χ2v) is 7.20. The van der Waals surface area contributed by atoms with Crippen molar-refractivity contribution in [3.8, 4) is 5.75 Å². The topological polar surface area (TPSA) is 51.1 Å². The molecule has 1 aliphatic heterocycles. The number of hydrogen-bond donors (Lipinski definition) is 0. The Labute approximate surface area is 164 Å². The van der Waals surface area contributed by atoms with Gasteiger partial charge >= 0.3 is 0 Å². The molecule has 0 radical (unpaired) electrons. The summed E-state index contributed by atoms with van der Waals surface area (Å²) in [6, 6.07) is 14.0. The van der Waals surface area contributed by atoms with E-state index in [9.17, 15) is 9.18 Å². The third-order valence-corrected chi connectivity index (χ3v) is 4.65. The SMILES string of the molecule is COc1ccc(C2=NOC(CN(Cc3cccc(F)c3)C(=O)C(C)C)C2)cc1. The van der Waals surface area contributed by atoms with Gasteiger partial charge in [0.25, 0.3) is 0 Å². The Hall–Kier alpha value is -2.89. The van der Waals surface area contributed by atoms with Gasteiger partial charge in [0.2, 0.25) is 5.91 Å². The number of carbonyl (C=O) groups is 1. The fourth-order valence-electron chi connectivity index (χ4n) is 3.18. The highest BCUT2D eigenvalue weighted by Gasteiger charge is 2.27. The van der Waals surface area contributed by atoms with Crippen molar-refractivity contribution in [2.75, 3.05) is 13.7 Å². The predicted octanol–water partition coefficient (Wildman–Crippen LogP) is 4.01. The van der Waals surface area contributed by atoms with E-state index in [4.69, 9.17) is 9.57 Å². The van der Waals surface area contributed by atoms with Gasteiger partial charge in [0.15, 0.2) is 6.10 Å². The average molecular weight is 384 g/mol. The Bertz CT molecular complexity index is 849. The van der Waals surface area contributed by atoms with E-state index in [0.717, 1.165) is 22.6 Å². The fourth-order valence-corrected chi connectivity index (χ4v) is 3.18. The molecule has 0 fully saturated rings. The molecule has 0 saturated heterocycles. The number of carbonyl (C=O) groups excluding carboxylic acids is 1. The van der Waals surface area contributed by atoms with Crippen molar-refractivity contribution in [2.24, 2.45) is 11.1 Å². The molecule has 0 bridgehead atoms. The van der Waals surface area contributed by atoms with Crippen LogP contribution in [0.5, 0.6) is 5.75 Å². The van der Waals surface area contributed by atoms with Gasteiger partial charge < -0.3 is 14.5 Å². The zero-order valence-corrected chi connectivity index (χ0v) is 16.4. The van der Waals surface area contributed by atoms with Gasteiger partial charge in [-0.2, -0.15) is 0 Å². The maximum absolute atomic E-state index is 13.5. The molecule has 1 heterocycles. The first-order valence-corrected chi connectivity index (χ1v) is 9.36. The van der Waals surface area contributed by atoms with Crippen LogP contribution in [0.25, 0.3) is 0 Å². The number of hydrogen-bond acceptors (Lipinski definition) is 4. The van der Waals surface area contributed by atoms with Crippen molar-refractivity contribution in [2.45, 2.75) is 32.9 Å². The van der Waals surface area contributed by atoms with Gasteiger partial charge in [0.1, 0.15) is 11.6 Å². The molecular formula is C22H25FN2O3. The lowest BCUT2D eigenvalue weighted by Crippen LogP contribution is -2.39. The van der Waals surface area contributed by atoms with Crippen LogP contribution in [0.2, 0.25) is 0 Å². The van der Waals surface area contributed by atoms with E-state index in [-0.39, 0.29) is 23.7 Å². The molecule has 3 rings (SSSR count). The maximum Gasteiger partial charge on any atom is 0.225 e. The zero-order chi connectivity index (χ0) is 20.1. The van der Waals surface area contributed by atoms with Crippen LogP contribution in [0.1, 0.15) is 31.4 Å². The van der Waals surface area contributed by atoms with Crippen LogP contribution in [0, 0.1) is 11.7 Å². The molecule has 28 heavy (non-hydrogen) atoms. The summed E-state index contributed by atoms with van der Waals surface area (Å²) in [7, 11) is 1.63. The van der Waals surface area contributed by atoms with Crippen molar-refractivity contribution in [3.63, 3.8) is 0 Å². The van der Waals surface area contributed by atoms with Crippen molar-refractivity contribution < 1.29 is 18.8 Å². The molecule has 0 spiro atoms. The lowest BCUT2D eigenvalue weighted by atomic mass is 10.0. The molecule has 0 N–H and O–H groups in total. The molecule has 2 aromatic carbocycles. The van der Waals surface area contributed by atoms with Crippen LogP contribution in [0.3, 0.4) is 0 Å². The molecule has 148 valence electrons. The lowest BCUT2D eigenvalue weighted by molar-refractivity contribution is -0.137. The van der Waals surface area contributed by atoms with Gasteiger partial charge in [-0.1, -0.05) is 31.1 Å². The highest BCUT2D eigenvalue weighted by molar-refractivity contribution is 6.01. The number of benzene rings is 2. The normalized spacial score (nSPS) is 15.9. The first-order chi connectivity index (χ1) is 13.5. The molecule has 1 aliphatic rings. The highest BCUT2D eigenvalue weighted by atomic mass is 19.1. The smallest absolute Gasteiger partial charge is 0.225 e. The number of oxime groups is 1. The van der Waals surface area contributed by atoms with Gasteiger partial charge in [-0.3, -0.25) is 4.79 Å². The van der Waals surface area contributed by atoms with Crippen LogP contribution in [0.15, 0.2) is 53.7 Å². The monoisotopic (exact) mass is 384 g/mol. The average Bonchev–Trinajstić information content (AvgIpc) is 3.15.